The highest BCUT2D eigenvalue weighted by atomic mass is 32.2. The zero-order chi connectivity index (χ0) is 15.8. The Bertz CT molecular complexity index is 549. The molecule has 0 aliphatic rings. The van der Waals surface area contributed by atoms with Crippen molar-refractivity contribution in [1.82, 2.24) is 5.48 Å². The van der Waals surface area contributed by atoms with Gasteiger partial charge in [0.25, 0.3) is 5.69 Å². The first-order chi connectivity index (χ1) is 9.99. The number of nitro groups is 1. The van der Waals surface area contributed by atoms with Crippen molar-refractivity contribution in [3.63, 3.8) is 0 Å². The largest absolute Gasteiger partial charge is 0.480 e. The number of aliphatic imine (C=N–C) groups is 1. The van der Waals surface area contributed by atoms with Crippen molar-refractivity contribution >= 4 is 29.3 Å². The summed E-state index contributed by atoms with van der Waals surface area (Å²) in [5, 5.41) is 28.9. The first kappa shape index (κ1) is 16.9. The number of rotatable bonds is 7. The molecule has 0 spiro atoms. The summed E-state index contributed by atoms with van der Waals surface area (Å²) >= 11 is 1.48. The SMILES string of the molecule is CSCCC(N=C(NO)c1cccc([N+](=O)[O-])c1)C(=O)O. The van der Waals surface area contributed by atoms with E-state index in [1.165, 1.54) is 36.0 Å². The van der Waals surface area contributed by atoms with Crippen LogP contribution in [0.2, 0.25) is 0 Å². The van der Waals surface area contributed by atoms with Gasteiger partial charge in [-0.2, -0.15) is 11.8 Å². The quantitative estimate of drug-likeness (QED) is 0.301. The van der Waals surface area contributed by atoms with Crippen LogP contribution in [0.5, 0.6) is 0 Å². The third kappa shape index (κ3) is 5.04. The first-order valence-corrected chi connectivity index (χ1v) is 7.33. The summed E-state index contributed by atoms with van der Waals surface area (Å²) in [5.41, 5.74) is 1.87. The van der Waals surface area contributed by atoms with E-state index in [1.54, 1.807) is 5.48 Å². The van der Waals surface area contributed by atoms with E-state index in [2.05, 4.69) is 4.99 Å². The Morgan fingerprint density at radius 2 is 2.29 bits per heavy atom. The Balaban J connectivity index is 3.09. The first-order valence-electron chi connectivity index (χ1n) is 5.94. The second kappa shape index (κ2) is 8.22. The summed E-state index contributed by atoms with van der Waals surface area (Å²) in [6.07, 6.45) is 2.13. The maximum Gasteiger partial charge on any atom is 0.328 e. The molecule has 0 aliphatic heterocycles. The van der Waals surface area contributed by atoms with E-state index in [4.69, 9.17) is 10.3 Å². The van der Waals surface area contributed by atoms with Gasteiger partial charge in [0.15, 0.2) is 11.9 Å². The van der Waals surface area contributed by atoms with Crippen LogP contribution >= 0.6 is 11.8 Å². The number of hydrogen-bond acceptors (Lipinski definition) is 6. The molecule has 0 aromatic heterocycles. The number of benzene rings is 1. The Morgan fingerprint density at radius 1 is 1.57 bits per heavy atom. The molecule has 114 valence electrons. The third-order valence-electron chi connectivity index (χ3n) is 2.60. The molecule has 1 unspecified atom stereocenters. The molecule has 0 heterocycles. The minimum atomic E-state index is -1.12. The lowest BCUT2D eigenvalue weighted by Gasteiger charge is -2.10. The molecular weight excluding hydrogens is 298 g/mol. The molecule has 1 aromatic rings. The van der Waals surface area contributed by atoms with E-state index < -0.39 is 16.9 Å². The molecule has 0 bridgehead atoms. The molecule has 0 aliphatic carbocycles. The summed E-state index contributed by atoms with van der Waals surface area (Å²) in [7, 11) is 0. The van der Waals surface area contributed by atoms with Gasteiger partial charge in [-0.3, -0.25) is 25.8 Å². The second-order valence-corrected chi connectivity index (χ2v) is 5.02. The zero-order valence-electron chi connectivity index (χ0n) is 11.2. The fourth-order valence-corrected chi connectivity index (χ4v) is 2.02. The van der Waals surface area contributed by atoms with Crippen LogP contribution in [0.15, 0.2) is 29.3 Å². The average molecular weight is 313 g/mol. The highest BCUT2D eigenvalue weighted by molar-refractivity contribution is 7.98. The molecule has 9 heteroatoms. The molecule has 3 N–H and O–H groups in total. The van der Waals surface area contributed by atoms with Crippen LogP contribution in [-0.4, -0.2) is 45.1 Å². The molecule has 0 fully saturated rings. The van der Waals surface area contributed by atoms with Gasteiger partial charge in [-0.25, -0.2) is 4.79 Å². The molecule has 8 nitrogen and oxygen atoms in total. The molecule has 1 rings (SSSR count). The van der Waals surface area contributed by atoms with E-state index >= 15 is 0 Å². The van der Waals surface area contributed by atoms with Crippen LogP contribution in [0, 0.1) is 10.1 Å². The number of nitrogens with one attached hydrogen (secondary N) is 1. The number of thioether (sulfide) groups is 1. The topological polar surface area (TPSA) is 125 Å². The van der Waals surface area contributed by atoms with Crippen molar-refractivity contribution < 1.29 is 20.0 Å². The number of carboxylic acid groups (broad SMARTS) is 1. The number of nitro benzene ring substituents is 1. The number of hydrogen-bond donors (Lipinski definition) is 3. The lowest BCUT2D eigenvalue weighted by atomic mass is 10.1. The fourth-order valence-electron chi connectivity index (χ4n) is 1.56. The number of aliphatic carboxylic acids is 1. The van der Waals surface area contributed by atoms with Gasteiger partial charge in [0.05, 0.1) is 4.92 Å². The molecule has 1 atom stereocenters. The van der Waals surface area contributed by atoms with Gasteiger partial charge in [0.2, 0.25) is 0 Å². The summed E-state index contributed by atoms with van der Waals surface area (Å²) in [6.45, 7) is 0. The fraction of sp³-hybridized carbons (Fsp3) is 0.333. The Hall–Kier alpha value is -2.13. The molecule has 0 saturated heterocycles. The Kier molecular flexibility index (Phi) is 6.63. The Morgan fingerprint density at radius 3 is 2.81 bits per heavy atom. The molecule has 0 amide bonds. The third-order valence-corrected chi connectivity index (χ3v) is 3.25. The van der Waals surface area contributed by atoms with Gasteiger partial charge in [-0.1, -0.05) is 12.1 Å². The summed E-state index contributed by atoms with van der Waals surface area (Å²) < 4.78 is 0. The van der Waals surface area contributed by atoms with Gasteiger partial charge < -0.3 is 5.11 Å². The standard InChI is InChI=1S/C12H15N3O5S/c1-21-6-5-10(12(16)17)13-11(14-18)8-3-2-4-9(7-8)15(19)20/h2-4,7,10,18H,5-6H2,1H3,(H,13,14)(H,16,17). The maximum absolute atomic E-state index is 11.1. The lowest BCUT2D eigenvalue weighted by molar-refractivity contribution is -0.384. The van der Waals surface area contributed by atoms with E-state index in [0.717, 1.165) is 0 Å². The van der Waals surface area contributed by atoms with E-state index in [0.29, 0.717) is 5.75 Å². The highest BCUT2D eigenvalue weighted by Crippen LogP contribution is 2.14. The van der Waals surface area contributed by atoms with Gasteiger partial charge in [0, 0.05) is 17.7 Å². The van der Waals surface area contributed by atoms with E-state index in [9.17, 15) is 14.9 Å². The molecule has 0 radical (unpaired) electrons. The van der Waals surface area contributed by atoms with E-state index in [-0.39, 0.29) is 23.5 Å². The van der Waals surface area contributed by atoms with Crippen LogP contribution in [-0.2, 0) is 4.79 Å². The molecule has 21 heavy (non-hydrogen) atoms. The summed E-state index contributed by atoms with van der Waals surface area (Å²) in [6, 6.07) is 4.38. The smallest absolute Gasteiger partial charge is 0.328 e. The summed E-state index contributed by atoms with van der Waals surface area (Å²) in [5.74, 6) is -0.650. The lowest BCUT2D eigenvalue weighted by Crippen LogP contribution is -2.27. The van der Waals surface area contributed by atoms with Gasteiger partial charge in [-0.15, -0.1) is 0 Å². The second-order valence-electron chi connectivity index (χ2n) is 4.03. The van der Waals surface area contributed by atoms with Crippen molar-refractivity contribution in [3.05, 3.63) is 39.9 Å². The summed E-state index contributed by atoms with van der Waals surface area (Å²) in [4.78, 5) is 25.2. The molecule has 1 aromatic carbocycles. The van der Waals surface area contributed by atoms with Crippen molar-refractivity contribution in [3.8, 4) is 0 Å². The van der Waals surface area contributed by atoms with E-state index in [1.807, 2.05) is 6.26 Å². The zero-order valence-corrected chi connectivity index (χ0v) is 12.0. The van der Waals surface area contributed by atoms with Gasteiger partial charge >= 0.3 is 5.97 Å². The number of non-ortho nitro benzene ring substituents is 1. The van der Waals surface area contributed by atoms with Crippen LogP contribution in [0.25, 0.3) is 0 Å². The van der Waals surface area contributed by atoms with Gasteiger partial charge in [0.1, 0.15) is 0 Å². The maximum atomic E-state index is 11.1. The minimum Gasteiger partial charge on any atom is -0.480 e. The molecule has 0 saturated carbocycles. The van der Waals surface area contributed by atoms with Crippen LogP contribution < -0.4 is 5.48 Å². The highest BCUT2D eigenvalue weighted by Gasteiger charge is 2.18. The monoisotopic (exact) mass is 313 g/mol. The number of hydroxylamine groups is 1. The van der Waals surface area contributed by atoms with Crippen LogP contribution in [0.4, 0.5) is 5.69 Å². The van der Waals surface area contributed by atoms with Crippen molar-refractivity contribution in [1.29, 1.82) is 0 Å². The number of amidine groups is 1. The average Bonchev–Trinajstić information content (AvgIpc) is 2.47. The van der Waals surface area contributed by atoms with Crippen molar-refractivity contribution in [2.75, 3.05) is 12.0 Å². The van der Waals surface area contributed by atoms with Crippen molar-refractivity contribution in [2.45, 2.75) is 12.5 Å². The number of carboxylic acids is 1. The molecular formula is C12H15N3O5S. The Labute approximate surface area is 125 Å². The van der Waals surface area contributed by atoms with Crippen molar-refractivity contribution in [2.24, 2.45) is 4.99 Å². The normalized spacial score (nSPS) is 12.8. The predicted octanol–water partition coefficient (Wildman–Crippen LogP) is 1.53. The van der Waals surface area contributed by atoms with Crippen LogP contribution in [0.3, 0.4) is 0 Å². The minimum absolute atomic E-state index is 0.118. The number of nitrogens with zero attached hydrogens (tertiary/aromatic N) is 2. The number of carbonyl (C=O) groups is 1. The van der Waals surface area contributed by atoms with Crippen LogP contribution in [0.1, 0.15) is 12.0 Å². The van der Waals surface area contributed by atoms with Gasteiger partial charge in [-0.05, 0) is 18.4 Å². The predicted molar refractivity (Wildman–Crippen MR) is 79.0 cm³/mol.